The summed E-state index contributed by atoms with van der Waals surface area (Å²) in [5, 5.41) is 6.60. The van der Waals surface area contributed by atoms with Gasteiger partial charge in [0.25, 0.3) is 5.91 Å². The second-order valence-corrected chi connectivity index (χ2v) is 7.27. The third kappa shape index (κ3) is 6.10. The van der Waals surface area contributed by atoms with Crippen LogP contribution in [0, 0.1) is 13.8 Å². The van der Waals surface area contributed by atoms with E-state index in [4.69, 9.17) is 18.7 Å². The van der Waals surface area contributed by atoms with E-state index in [0.29, 0.717) is 23.8 Å². The van der Waals surface area contributed by atoms with Crippen LogP contribution in [0.2, 0.25) is 0 Å². The zero-order chi connectivity index (χ0) is 23.1. The Hall–Kier alpha value is -3.81. The van der Waals surface area contributed by atoms with E-state index in [1.807, 2.05) is 13.8 Å². The average Bonchev–Trinajstić information content (AvgIpc) is 3.10. The van der Waals surface area contributed by atoms with Crippen LogP contribution in [0.15, 0.2) is 53.1 Å². The summed E-state index contributed by atoms with van der Waals surface area (Å²) in [5.74, 6) is 1.09. The molecule has 0 saturated carbocycles. The molecule has 3 rings (SSSR count). The summed E-state index contributed by atoms with van der Waals surface area (Å²) in [6.07, 6.45) is -0.896. The summed E-state index contributed by atoms with van der Waals surface area (Å²) in [7, 11) is 1.54. The van der Waals surface area contributed by atoms with Crippen LogP contribution in [0.3, 0.4) is 0 Å². The molecular formula is C24H26N2O6. The van der Waals surface area contributed by atoms with Crippen LogP contribution in [0.25, 0.3) is 0 Å². The smallest absolute Gasteiger partial charge is 0.311 e. The SMILES string of the molecule is COc1cccc(NC(=O)C(C)OC(=O)Cc2ccc(OCc3c(C)noc3C)cc2)c1. The molecule has 0 radical (unpaired) electrons. The van der Waals surface area contributed by atoms with E-state index >= 15 is 0 Å². The number of esters is 1. The van der Waals surface area contributed by atoms with E-state index in [1.165, 1.54) is 6.92 Å². The molecule has 1 amide bonds. The Balaban J connectivity index is 1.48. The monoisotopic (exact) mass is 438 g/mol. The third-order valence-corrected chi connectivity index (χ3v) is 4.85. The van der Waals surface area contributed by atoms with Gasteiger partial charge in [0.1, 0.15) is 23.9 Å². The zero-order valence-corrected chi connectivity index (χ0v) is 18.5. The van der Waals surface area contributed by atoms with Gasteiger partial charge < -0.3 is 24.1 Å². The van der Waals surface area contributed by atoms with Gasteiger partial charge in [-0.1, -0.05) is 23.4 Å². The molecule has 1 unspecified atom stereocenters. The maximum atomic E-state index is 12.3. The zero-order valence-electron chi connectivity index (χ0n) is 18.5. The third-order valence-electron chi connectivity index (χ3n) is 4.85. The molecule has 2 aromatic carbocycles. The molecule has 1 N–H and O–H groups in total. The normalized spacial score (nSPS) is 11.5. The predicted molar refractivity (Wildman–Crippen MR) is 118 cm³/mol. The topological polar surface area (TPSA) is 99.9 Å². The summed E-state index contributed by atoms with van der Waals surface area (Å²) in [6, 6.07) is 14.1. The van der Waals surface area contributed by atoms with Crippen molar-refractivity contribution in [1.29, 1.82) is 0 Å². The van der Waals surface area contributed by atoms with Gasteiger partial charge in [-0.3, -0.25) is 9.59 Å². The van der Waals surface area contributed by atoms with E-state index in [9.17, 15) is 9.59 Å². The number of hydrogen-bond donors (Lipinski definition) is 1. The number of aromatic nitrogens is 1. The number of carbonyl (C=O) groups is 2. The number of nitrogens with one attached hydrogen (secondary N) is 1. The summed E-state index contributed by atoms with van der Waals surface area (Å²) >= 11 is 0. The Kier molecular flexibility index (Phi) is 7.49. The summed E-state index contributed by atoms with van der Waals surface area (Å²) < 4.78 is 21.3. The minimum absolute atomic E-state index is 0.0426. The van der Waals surface area contributed by atoms with Gasteiger partial charge in [-0.15, -0.1) is 0 Å². The van der Waals surface area contributed by atoms with Gasteiger partial charge in [0.15, 0.2) is 6.10 Å². The van der Waals surface area contributed by atoms with Gasteiger partial charge in [-0.05, 0) is 50.6 Å². The van der Waals surface area contributed by atoms with E-state index in [0.717, 1.165) is 22.6 Å². The van der Waals surface area contributed by atoms with Crippen LogP contribution in [-0.2, 0) is 27.4 Å². The van der Waals surface area contributed by atoms with Crippen LogP contribution in [0.1, 0.15) is 29.5 Å². The van der Waals surface area contributed by atoms with Crippen molar-refractivity contribution in [3.8, 4) is 11.5 Å². The summed E-state index contributed by atoms with van der Waals surface area (Å²) in [4.78, 5) is 24.6. The van der Waals surface area contributed by atoms with Crippen molar-refractivity contribution in [3.05, 3.63) is 71.1 Å². The molecule has 1 heterocycles. The fourth-order valence-corrected chi connectivity index (χ4v) is 2.97. The van der Waals surface area contributed by atoms with E-state index < -0.39 is 18.0 Å². The lowest BCUT2D eigenvalue weighted by Crippen LogP contribution is -2.30. The molecule has 168 valence electrons. The fourth-order valence-electron chi connectivity index (χ4n) is 2.97. The first-order valence-electron chi connectivity index (χ1n) is 10.1. The number of anilines is 1. The number of rotatable bonds is 9. The predicted octanol–water partition coefficient (Wildman–Crippen LogP) is 3.99. The second kappa shape index (κ2) is 10.5. The number of carbonyl (C=O) groups excluding carboxylic acids is 2. The molecule has 8 nitrogen and oxygen atoms in total. The molecule has 0 aliphatic carbocycles. The maximum absolute atomic E-state index is 12.3. The van der Waals surface area contributed by atoms with Crippen LogP contribution in [-0.4, -0.2) is 30.2 Å². The largest absolute Gasteiger partial charge is 0.497 e. The minimum Gasteiger partial charge on any atom is -0.497 e. The van der Waals surface area contributed by atoms with E-state index in [1.54, 1.807) is 55.6 Å². The molecule has 1 atom stereocenters. The number of aryl methyl sites for hydroxylation is 2. The molecule has 0 bridgehead atoms. The van der Waals surface area contributed by atoms with Gasteiger partial charge in [-0.25, -0.2) is 0 Å². The Morgan fingerprint density at radius 3 is 2.50 bits per heavy atom. The lowest BCUT2D eigenvalue weighted by atomic mass is 10.1. The molecule has 0 aliphatic heterocycles. The van der Waals surface area contributed by atoms with Crippen LogP contribution >= 0.6 is 0 Å². The van der Waals surface area contributed by atoms with Crippen molar-refractivity contribution in [2.24, 2.45) is 0 Å². The van der Waals surface area contributed by atoms with Gasteiger partial charge in [0.2, 0.25) is 0 Å². The van der Waals surface area contributed by atoms with E-state index in [-0.39, 0.29) is 6.42 Å². The Labute approximate surface area is 186 Å². The average molecular weight is 438 g/mol. The van der Waals surface area contributed by atoms with Crippen molar-refractivity contribution in [1.82, 2.24) is 5.16 Å². The Morgan fingerprint density at radius 1 is 1.09 bits per heavy atom. The van der Waals surface area contributed by atoms with Crippen LogP contribution < -0.4 is 14.8 Å². The molecule has 0 spiro atoms. The molecule has 0 aliphatic rings. The Bertz CT molecular complexity index is 1050. The van der Waals surface area contributed by atoms with Crippen molar-refractivity contribution in [3.63, 3.8) is 0 Å². The highest BCUT2D eigenvalue weighted by molar-refractivity contribution is 5.95. The highest BCUT2D eigenvalue weighted by atomic mass is 16.5. The van der Waals surface area contributed by atoms with Gasteiger partial charge in [0.05, 0.1) is 24.8 Å². The van der Waals surface area contributed by atoms with Crippen LogP contribution in [0.4, 0.5) is 5.69 Å². The quantitative estimate of drug-likeness (QED) is 0.504. The number of nitrogens with zero attached hydrogens (tertiary/aromatic N) is 1. The standard InChI is InChI=1S/C24H26N2O6/c1-15-22(16(2)32-26-15)14-30-20-10-8-18(9-11-20)12-23(27)31-17(3)24(28)25-19-6-5-7-21(13-19)29-4/h5-11,13,17H,12,14H2,1-4H3,(H,25,28). The molecule has 8 heteroatoms. The lowest BCUT2D eigenvalue weighted by molar-refractivity contribution is -0.152. The number of benzene rings is 2. The number of hydrogen-bond acceptors (Lipinski definition) is 7. The first kappa shape index (κ1) is 22.9. The molecule has 32 heavy (non-hydrogen) atoms. The molecule has 0 saturated heterocycles. The van der Waals surface area contributed by atoms with Gasteiger partial charge in [-0.2, -0.15) is 0 Å². The molecule has 1 aromatic heterocycles. The molecular weight excluding hydrogens is 412 g/mol. The van der Waals surface area contributed by atoms with Gasteiger partial charge in [0, 0.05) is 11.8 Å². The summed E-state index contributed by atoms with van der Waals surface area (Å²) in [5.41, 5.74) is 3.02. The lowest BCUT2D eigenvalue weighted by Gasteiger charge is -2.14. The summed E-state index contributed by atoms with van der Waals surface area (Å²) in [6.45, 7) is 5.58. The van der Waals surface area contributed by atoms with Crippen molar-refractivity contribution < 1.29 is 28.3 Å². The van der Waals surface area contributed by atoms with Crippen molar-refractivity contribution in [2.45, 2.75) is 39.9 Å². The van der Waals surface area contributed by atoms with Crippen molar-refractivity contribution in [2.75, 3.05) is 12.4 Å². The number of amides is 1. The highest BCUT2D eigenvalue weighted by Gasteiger charge is 2.18. The van der Waals surface area contributed by atoms with Crippen molar-refractivity contribution >= 4 is 17.6 Å². The van der Waals surface area contributed by atoms with Gasteiger partial charge >= 0.3 is 5.97 Å². The van der Waals surface area contributed by atoms with E-state index in [2.05, 4.69) is 10.5 Å². The number of methoxy groups -OCH3 is 1. The van der Waals surface area contributed by atoms with Crippen LogP contribution in [0.5, 0.6) is 11.5 Å². The fraction of sp³-hybridized carbons (Fsp3) is 0.292. The second-order valence-electron chi connectivity index (χ2n) is 7.27. The maximum Gasteiger partial charge on any atom is 0.311 e. The first-order chi connectivity index (χ1) is 15.4. The molecule has 3 aromatic rings. The first-order valence-corrected chi connectivity index (χ1v) is 10.1. The Morgan fingerprint density at radius 2 is 1.84 bits per heavy atom. The highest BCUT2D eigenvalue weighted by Crippen LogP contribution is 2.19. The number of ether oxygens (including phenoxy) is 3. The molecule has 0 fully saturated rings. The minimum atomic E-state index is -0.939.